The highest BCUT2D eigenvalue weighted by molar-refractivity contribution is 5.93. The third kappa shape index (κ3) is 6.78. The van der Waals surface area contributed by atoms with Crippen molar-refractivity contribution < 1.29 is 32.4 Å². The van der Waals surface area contributed by atoms with Crippen LogP contribution in [0.3, 0.4) is 0 Å². The summed E-state index contributed by atoms with van der Waals surface area (Å²) in [5.74, 6) is -1.94. The first kappa shape index (κ1) is 24.7. The van der Waals surface area contributed by atoms with E-state index in [1.54, 1.807) is 0 Å². The number of aryl methyl sites for hydroxylation is 2. The lowest BCUT2D eigenvalue weighted by molar-refractivity contribution is -0.144. The molecule has 1 aromatic heterocycles. The Morgan fingerprint density at radius 2 is 1.85 bits per heavy atom. The highest BCUT2D eigenvalue weighted by atomic mass is 19.4. The summed E-state index contributed by atoms with van der Waals surface area (Å²) >= 11 is 0. The van der Waals surface area contributed by atoms with Crippen molar-refractivity contribution in [2.24, 2.45) is 5.92 Å². The van der Waals surface area contributed by atoms with Crippen molar-refractivity contribution in [3.63, 3.8) is 0 Å². The van der Waals surface area contributed by atoms with Crippen LogP contribution in [-0.4, -0.2) is 64.7 Å². The lowest BCUT2D eigenvalue weighted by Gasteiger charge is -2.35. The monoisotopic (exact) mass is 468 g/mol. The molecule has 0 radical (unpaired) electrons. The number of piperazine rings is 1. The molecule has 11 heteroatoms. The minimum atomic E-state index is -4.53. The van der Waals surface area contributed by atoms with Gasteiger partial charge in [0.25, 0.3) is 0 Å². The molecule has 3 rings (SSSR count). The van der Waals surface area contributed by atoms with E-state index >= 15 is 0 Å². The van der Waals surface area contributed by atoms with Gasteiger partial charge in [0.2, 0.25) is 5.91 Å². The molecule has 180 valence electrons. The van der Waals surface area contributed by atoms with Gasteiger partial charge < -0.3 is 14.9 Å². The Labute approximate surface area is 189 Å². The van der Waals surface area contributed by atoms with Crippen LogP contribution in [0.1, 0.15) is 29.0 Å². The number of rotatable bonds is 8. The average Bonchev–Trinajstić information content (AvgIpc) is 3.06. The Kier molecular flexibility index (Phi) is 7.75. The van der Waals surface area contributed by atoms with E-state index in [-0.39, 0.29) is 18.7 Å². The molecule has 1 aliphatic rings. The number of carboxylic acids is 1. The molecule has 0 aliphatic carbocycles. The summed E-state index contributed by atoms with van der Waals surface area (Å²) in [5.41, 5.74) is 1.00. The Bertz CT molecular complexity index is 965. The number of hydrogen-bond donors (Lipinski definition) is 2. The van der Waals surface area contributed by atoms with E-state index in [0.29, 0.717) is 19.6 Å². The minimum absolute atomic E-state index is 0.0214. The smallest absolute Gasteiger partial charge is 0.416 e. The molecule has 1 fully saturated rings. The van der Waals surface area contributed by atoms with Gasteiger partial charge in [0.15, 0.2) is 0 Å². The molecule has 1 aliphatic heterocycles. The van der Waals surface area contributed by atoms with Crippen LogP contribution in [0.15, 0.2) is 28.8 Å². The van der Waals surface area contributed by atoms with Gasteiger partial charge in [-0.2, -0.15) is 13.2 Å². The molecule has 8 nitrogen and oxygen atoms in total. The molecule has 2 N–H and O–H groups in total. The number of nitrogens with one attached hydrogen (secondary N) is 1. The van der Waals surface area contributed by atoms with Gasteiger partial charge in [-0.25, -0.2) is 0 Å². The quantitative estimate of drug-likeness (QED) is 0.614. The first-order chi connectivity index (χ1) is 15.5. The second kappa shape index (κ2) is 10.3. The number of aliphatic carboxylic acids is 1. The first-order valence-electron chi connectivity index (χ1n) is 10.6. The van der Waals surface area contributed by atoms with Gasteiger partial charge in [-0.15, -0.1) is 0 Å². The number of carbonyl (C=O) groups is 2. The zero-order chi connectivity index (χ0) is 24.2. The number of carbonyl (C=O) groups excluding carboxylic acids is 1. The molecular weight excluding hydrogens is 441 g/mol. The predicted octanol–water partition coefficient (Wildman–Crippen LogP) is 3.16. The van der Waals surface area contributed by atoms with Crippen LogP contribution in [0.2, 0.25) is 0 Å². The van der Waals surface area contributed by atoms with Gasteiger partial charge in [-0.3, -0.25) is 19.4 Å². The zero-order valence-corrected chi connectivity index (χ0v) is 18.5. The van der Waals surface area contributed by atoms with E-state index in [9.17, 15) is 27.9 Å². The zero-order valence-electron chi connectivity index (χ0n) is 18.5. The molecule has 33 heavy (non-hydrogen) atoms. The van der Waals surface area contributed by atoms with Crippen molar-refractivity contribution in [2.75, 3.05) is 38.0 Å². The Hall–Kier alpha value is -2.92. The number of nitrogens with zero attached hydrogens (tertiary/aromatic N) is 3. The van der Waals surface area contributed by atoms with Crippen LogP contribution in [0.4, 0.5) is 18.9 Å². The second-order valence-electron chi connectivity index (χ2n) is 8.25. The van der Waals surface area contributed by atoms with Gasteiger partial charge >= 0.3 is 12.1 Å². The van der Waals surface area contributed by atoms with Crippen molar-refractivity contribution in [3.8, 4) is 0 Å². The molecule has 0 unspecified atom stereocenters. The Balaban J connectivity index is 1.51. The summed E-state index contributed by atoms with van der Waals surface area (Å²) in [5, 5.41) is 15.9. The topological polar surface area (TPSA) is 98.9 Å². The van der Waals surface area contributed by atoms with Crippen molar-refractivity contribution in [1.29, 1.82) is 0 Å². The van der Waals surface area contributed by atoms with E-state index in [2.05, 4.69) is 15.4 Å². The third-order valence-electron chi connectivity index (χ3n) is 5.76. The fourth-order valence-corrected chi connectivity index (χ4v) is 3.83. The third-order valence-corrected chi connectivity index (χ3v) is 5.76. The summed E-state index contributed by atoms with van der Waals surface area (Å²) in [6.07, 6.45) is -4.86. The number of aromatic nitrogens is 1. The van der Waals surface area contributed by atoms with Crippen molar-refractivity contribution in [3.05, 3.63) is 46.8 Å². The number of halogens is 3. The van der Waals surface area contributed by atoms with Gasteiger partial charge in [0.1, 0.15) is 5.76 Å². The molecule has 1 aromatic carbocycles. The van der Waals surface area contributed by atoms with Gasteiger partial charge in [-0.1, -0.05) is 11.2 Å². The van der Waals surface area contributed by atoms with Crippen molar-refractivity contribution in [1.82, 2.24) is 15.0 Å². The molecule has 0 saturated carbocycles. The van der Waals surface area contributed by atoms with E-state index in [4.69, 9.17) is 4.52 Å². The minimum Gasteiger partial charge on any atom is -0.481 e. The van der Waals surface area contributed by atoms with Crippen LogP contribution in [-0.2, 0) is 22.3 Å². The molecule has 1 amide bonds. The summed E-state index contributed by atoms with van der Waals surface area (Å²) in [7, 11) is 0. The average molecular weight is 468 g/mol. The second-order valence-corrected chi connectivity index (χ2v) is 8.25. The van der Waals surface area contributed by atoms with Crippen LogP contribution in [0, 0.1) is 19.8 Å². The maximum Gasteiger partial charge on any atom is 0.416 e. The number of carboxylic acid groups (broad SMARTS) is 1. The van der Waals surface area contributed by atoms with Crippen LogP contribution < -0.4 is 5.32 Å². The molecule has 2 aromatic rings. The number of alkyl halides is 3. The fraction of sp³-hybridized carbons (Fsp3) is 0.500. The standard InChI is InChI=1S/C22H27F3N4O4/c1-14-19(15(2)33-27-14)13-29-8-6-28(7-9-29)12-16(21(31)32)10-20(30)26-18-5-3-4-17(11-18)22(23,24)25/h3-5,11,16H,6-10,12-13H2,1-2H3,(H,26,30)(H,31,32)/t16-/m0/s1. The summed E-state index contributed by atoms with van der Waals surface area (Å²) < 4.78 is 43.7. The van der Waals surface area contributed by atoms with Crippen molar-refractivity contribution in [2.45, 2.75) is 33.0 Å². The summed E-state index contributed by atoms with van der Waals surface area (Å²) in [6, 6.07) is 4.25. The van der Waals surface area contributed by atoms with Crippen LogP contribution in [0.25, 0.3) is 0 Å². The molecular formula is C22H27F3N4O4. The molecule has 1 atom stereocenters. The lowest BCUT2D eigenvalue weighted by atomic mass is 10.0. The normalized spacial score (nSPS) is 16.5. The predicted molar refractivity (Wildman–Crippen MR) is 114 cm³/mol. The molecule has 2 heterocycles. The number of anilines is 1. The maximum absolute atomic E-state index is 12.8. The fourth-order valence-electron chi connectivity index (χ4n) is 3.83. The SMILES string of the molecule is Cc1noc(C)c1CN1CCN(C[C@H](CC(=O)Nc2cccc(C(F)(F)F)c2)C(=O)O)CC1. The maximum atomic E-state index is 12.8. The molecule has 0 bridgehead atoms. The van der Waals surface area contributed by atoms with Crippen molar-refractivity contribution >= 4 is 17.6 Å². The van der Waals surface area contributed by atoms with E-state index in [1.807, 2.05) is 18.7 Å². The lowest BCUT2D eigenvalue weighted by Crippen LogP contribution is -2.48. The number of hydrogen-bond acceptors (Lipinski definition) is 6. The Morgan fingerprint density at radius 1 is 1.18 bits per heavy atom. The summed E-state index contributed by atoms with van der Waals surface area (Å²) in [4.78, 5) is 28.3. The van der Waals surface area contributed by atoms with Crippen LogP contribution in [0.5, 0.6) is 0 Å². The number of amides is 1. The van der Waals surface area contributed by atoms with Gasteiger partial charge in [-0.05, 0) is 32.0 Å². The van der Waals surface area contributed by atoms with Crippen LogP contribution >= 0.6 is 0 Å². The molecule has 1 saturated heterocycles. The van der Waals surface area contributed by atoms with Gasteiger partial charge in [0.05, 0.1) is 17.2 Å². The van der Waals surface area contributed by atoms with E-state index < -0.39 is 29.5 Å². The summed E-state index contributed by atoms with van der Waals surface area (Å²) in [6.45, 7) is 7.39. The largest absolute Gasteiger partial charge is 0.481 e. The first-order valence-corrected chi connectivity index (χ1v) is 10.6. The highest BCUT2D eigenvalue weighted by Gasteiger charge is 2.31. The van der Waals surface area contributed by atoms with E-state index in [1.165, 1.54) is 12.1 Å². The molecule has 0 spiro atoms. The Morgan fingerprint density at radius 3 is 2.42 bits per heavy atom. The highest BCUT2D eigenvalue weighted by Crippen LogP contribution is 2.30. The number of benzene rings is 1. The van der Waals surface area contributed by atoms with E-state index in [0.717, 1.165) is 42.2 Å². The van der Waals surface area contributed by atoms with Gasteiger partial charge in [0, 0.05) is 56.9 Å².